The molecule has 2 N–H and O–H groups in total. The molecule has 0 spiro atoms. The van der Waals surface area contributed by atoms with Crippen molar-refractivity contribution in [2.45, 2.75) is 52.1 Å². The summed E-state index contributed by atoms with van der Waals surface area (Å²) in [6, 6.07) is 0.0170. The third kappa shape index (κ3) is 3.89. The smallest absolute Gasteiger partial charge is 0.262 e. The second kappa shape index (κ2) is 7.35. The number of aromatic nitrogens is 2. The van der Waals surface area contributed by atoms with Crippen LogP contribution in [0.5, 0.6) is 0 Å². The maximum Gasteiger partial charge on any atom is 0.262 e. The van der Waals surface area contributed by atoms with Crippen molar-refractivity contribution in [3.8, 4) is 0 Å². The van der Waals surface area contributed by atoms with Crippen LogP contribution in [0.3, 0.4) is 0 Å². The summed E-state index contributed by atoms with van der Waals surface area (Å²) in [6.45, 7) is 3.46. The summed E-state index contributed by atoms with van der Waals surface area (Å²) in [7, 11) is 0. The third-order valence-corrected chi connectivity index (χ3v) is 5.35. The van der Waals surface area contributed by atoms with Gasteiger partial charge in [-0.15, -0.1) is 11.3 Å². The summed E-state index contributed by atoms with van der Waals surface area (Å²) in [5.74, 6) is -0.637. The topological polar surface area (TPSA) is 93.1 Å². The van der Waals surface area contributed by atoms with Crippen molar-refractivity contribution in [1.82, 2.24) is 20.2 Å². The molecule has 0 aromatic carbocycles. The molecule has 0 aliphatic heterocycles. The van der Waals surface area contributed by atoms with Gasteiger partial charge < -0.3 is 10.6 Å². The zero-order chi connectivity index (χ0) is 18.0. The van der Waals surface area contributed by atoms with E-state index in [2.05, 4.69) is 15.6 Å². The molecule has 2 aromatic heterocycles. The van der Waals surface area contributed by atoms with Gasteiger partial charge in [-0.3, -0.25) is 19.0 Å². The SMILES string of the molecule is CC(C)NC(=O)CNC(=O)Cn1cnc2sc3c(c2c1=O)CCCC3. The molecule has 2 heterocycles. The Balaban J connectivity index is 1.73. The van der Waals surface area contributed by atoms with E-state index in [9.17, 15) is 14.4 Å². The Morgan fingerprint density at radius 3 is 2.80 bits per heavy atom. The minimum atomic E-state index is -0.383. The Hall–Kier alpha value is -2.22. The second-order valence-electron chi connectivity index (χ2n) is 6.57. The van der Waals surface area contributed by atoms with Crippen LogP contribution in [0, 0.1) is 0 Å². The summed E-state index contributed by atoms with van der Waals surface area (Å²) in [4.78, 5) is 42.7. The summed E-state index contributed by atoms with van der Waals surface area (Å²) >= 11 is 1.58. The Morgan fingerprint density at radius 2 is 2.04 bits per heavy atom. The number of thiophene rings is 1. The largest absolute Gasteiger partial charge is 0.352 e. The van der Waals surface area contributed by atoms with Gasteiger partial charge in [-0.05, 0) is 45.1 Å². The number of hydrogen-bond donors (Lipinski definition) is 2. The molecule has 3 rings (SSSR count). The van der Waals surface area contributed by atoms with Crippen molar-refractivity contribution in [1.29, 1.82) is 0 Å². The molecule has 0 radical (unpaired) electrons. The average molecular weight is 362 g/mol. The maximum atomic E-state index is 12.8. The van der Waals surface area contributed by atoms with Gasteiger partial charge in [0.15, 0.2) is 0 Å². The van der Waals surface area contributed by atoms with Crippen LogP contribution in [0.25, 0.3) is 10.2 Å². The Bertz CT molecular complexity index is 869. The number of nitrogens with zero attached hydrogens (tertiary/aromatic N) is 2. The van der Waals surface area contributed by atoms with Gasteiger partial charge in [0, 0.05) is 10.9 Å². The van der Waals surface area contributed by atoms with Crippen molar-refractivity contribution < 1.29 is 9.59 Å². The molecule has 1 aliphatic rings. The Morgan fingerprint density at radius 1 is 1.28 bits per heavy atom. The molecule has 2 aromatic rings. The fourth-order valence-electron chi connectivity index (χ4n) is 3.06. The standard InChI is InChI=1S/C17H22N4O3S/c1-10(2)20-13(22)7-18-14(23)8-21-9-19-16-15(17(21)24)11-5-3-4-6-12(11)25-16/h9-10H,3-8H2,1-2H3,(H,18,23)(H,20,22). The van der Waals surface area contributed by atoms with Crippen LogP contribution in [-0.4, -0.2) is 34.0 Å². The Labute approximate surface area is 149 Å². The van der Waals surface area contributed by atoms with E-state index in [4.69, 9.17) is 0 Å². The molecule has 1 aliphatic carbocycles. The quantitative estimate of drug-likeness (QED) is 0.829. The second-order valence-corrected chi connectivity index (χ2v) is 7.65. The van der Waals surface area contributed by atoms with Gasteiger partial charge in [0.2, 0.25) is 11.8 Å². The van der Waals surface area contributed by atoms with E-state index < -0.39 is 0 Å². The number of fused-ring (bicyclic) bond motifs is 3. The lowest BCUT2D eigenvalue weighted by atomic mass is 9.97. The van der Waals surface area contributed by atoms with Crippen LogP contribution < -0.4 is 16.2 Å². The zero-order valence-electron chi connectivity index (χ0n) is 14.4. The number of rotatable bonds is 5. The van der Waals surface area contributed by atoms with Crippen LogP contribution in [0.2, 0.25) is 0 Å². The molecular weight excluding hydrogens is 340 g/mol. The molecule has 0 bridgehead atoms. The first-order valence-corrected chi connectivity index (χ1v) is 9.33. The van der Waals surface area contributed by atoms with Crippen LogP contribution in [0.15, 0.2) is 11.1 Å². The molecule has 2 amide bonds. The fraction of sp³-hybridized carbons (Fsp3) is 0.529. The first kappa shape index (κ1) is 17.6. The van der Waals surface area contributed by atoms with E-state index in [1.54, 1.807) is 11.3 Å². The van der Waals surface area contributed by atoms with Crippen LogP contribution in [0.1, 0.15) is 37.1 Å². The van der Waals surface area contributed by atoms with Gasteiger partial charge in [-0.1, -0.05) is 0 Å². The van der Waals surface area contributed by atoms with E-state index in [0.717, 1.165) is 36.1 Å². The first-order valence-electron chi connectivity index (χ1n) is 8.51. The molecule has 0 atom stereocenters. The minimum absolute atomic E-state index is 0.0170. The van der Waals surface area contributed by atoms with E-state index >= 15 is 0 Å². The lowest BCUT2D eigenvalue weighted by molar-refractivity contribution is -0.126. The highest BCUT2D eigenvalue weighted by Crippen LogP contribution is 2.33. The number of aryl methyl sites for hydroxylation is 2. The maximum absolute atomic E-state index is 12.8. The third-order valence-electron chi connectivity index (χ3n) is 4.15. The molecule has 0 saturated heterocycles. The van der Waals surface area contributed by atoms with E-state index in [0.29, 0.717) is 5.39 Å². The van der Waals surface area contributed by atoms with Gasteiger partial charge in [-0.2, -0.15) is 0 Å². The van der Waals surface area contributed by atoms with Crippen molar-refractivity contribution in [3.63, 3.8) is 0 Å². The lowest BCUT2D eigenvalue weighted by Crippen LogP contribution is -2.41. The summed E-state index contributed by atoms with van der Waals surface area (Å²) in [5.41, 5.74) is 0.931. The van der Waals surface area contributed by atoms with Gasteiger partial charge >= 0.3 is 0 Å². The van der Waals surface area contributed by atoms with Gasteiger partial charge in [0.1, 0.15) is 11.4 Å². The van der Waals surface area contributed by atoms with Crippen LogP contribution in [0.4, 0.5) is 0 Å². The Kier molecular flexibility index (Phi) is 5.17. The molecule has 134 valence electrons. The van der Waals surface area contributed by atoms with E-state index in [1.165, 1.54) is 15.8 Å². The summed E-state index contributed by atoms with van der Waals surface area (Å²) in [5, 5.41) is 5.89. The number of carbonyl (C=O) groups excluding carboxylic acids is 2. The molecular formula is C17H22N4O3S. The van der Waals surface area contributed by atoms with Crippen LogP contribution >= 0.6 is 11.3 Å². The van der Waals surface area contributed by atoms with Gasteiger partial charge in [0.05, 0.1) is 18.3 Å². The molecule has 7 nitrogen and oxygen atoms in total. The molecule has 0 unspecified atom stereocenters. The van der Waals surface area contributed by atoms with E-state index in [-0.39, 0.29) is 36.5 Å². The highest BCUT2D eigenvalue weighted by atomic mass is 32.1. The first-order chi connectivity index (χ1) is 12.0. The highest BCUT2D eigenvalue weighted by molar-refractivity contribution is 7.18. The van der Waals surface area contributed by atoms with Crippen LogP contribution in [-0.2, 0) is 29.0 Å². The predicted molar refractivity (Wildman–Crippen MR) is 96.8 cm³/mol. The van der Waals surface area contributed by atoms with Crippen molar-refractivity contribution in [3.05, 3.63) is 27.1 Å². The van der Waals surface area contributed by atoms with E-state index in [1.807, 2.05) is 13.8 Å². The van der Waals surface area contributed by atoms with Gasteiger partial charge in [-0.25, -0.2) is 4.98 Å². The van der Waals surface area contributed by atoms with Crippen molar-refractivity contribution in [2.75, 3.05) is 6.54 Å². The molecule has 25 heavy (non-hydrogen) atoms. The van der Waals surface area contributed by atoms with Gasteiger partial charge in [0.25, 0.3) is 5.56 Å². The number of nitrogens with one attached hydrogen (secondary N) is 2. The fourth-order valence-corrected chi connectivity index (χ4v) is 4.28. The average Bonchev–Trinajstić information content (AvgIpc) is 2.94. The van der Waals surface area contributed by atoms with Crippen molar-refractivity contribution >= 4 is 33.4 Å². The lowest BCUT2D eigenvalue weighted by Gasteiger charge is -2.11. The van der Waals surface area contributed by atoms with Crippen molar-refractivity contribution in [2.24, 2.45) is 0 Å². The number of hydrogen-bond acceptors (Lipinski definition) is 5. The summed E-state index contributed by atoms with van der Waals surface area (Å²) < 4.78 is 1.32. The number of amides is 2. The molecule has 0 saturated carbocycles. The normalized spacial score (nSPS) is 13.7. The zero-order valence-corrected chi connectivity index (χ0v) is 15.2. The molecule has 8 heteroatoms. The summed E-state index contributed by atoms with van der Waals surface area (Å²) in [6.07, 6.45) is 5.55. The highest BCUT2D eigenvalue weighted by Gasteiger charge is 2.20. The monoisotopic (exact) mass is 362 g/mol. The number of carbonyl (C=O) groups is 2. The predicted octanol–water partition coefficient (Wildman–Crippen LogP) is 0.978. The molecule has 0 fully saturated rings. The minimum Gasteiger partial charge on any atom is -0.352 e.